The van der Waals surface area contributed by atoms with Crippen LogP contribution in [0.25, 0.3) is 0 Å². The van der Waals surface area contributed by atoms with E-state index < -0.39 is 0 Å². The van der Waals surface area contributed by atoms with E-state index in [1.165, 1.54) is 63.9 Å². The lowest BCUT2D eigenvalue weighted by Crippen LogP contribution is -2.44. The summed E-state index contributed by atoms with van der Waals surface area (Å²) in [6, 6.07) is 0. The van der Waals surface area contributed by atoms with Crippen molar-refractivity contribution in [1.82, 2.24) is 4.90 Å². The second-order valence-electron chi connectivity index (χ2n) is 4.92. The number of rotatable bonds is 4. The van der Waals surface area contributed by atoms with Crippen molar-refractivity contribution in [2.45, 2.75) is 51.9 Å². The maximum absolute atomic E-state index is 4.75. The molecule has 2 aliphatic heterocycles. The van der Waals surface area contributed by atoms with Gasteiger partial charge in [0.05, 0.1) is 0 Å². The van der Waals surface area contributed by atoms with Gasteiger partial charge in [-0.05, 0) is 25.7 Å². The highest BCUT2D eigenvalue weighted by Crippen LogP contribution is 2.26. The third-order valence-electron chi connectivity index (χ3n) is 3.69. The van der Waals surface area contributed by atoms with Gasteiger partial charge in [-0.25, -0.2) is 0 Å². The molecule has 1 fully saturated rings. The van der Waals surface area contributed by atoms with Gasteiger partial charge in [-0.1, -0.05) is 26.2 Å². The van der Waals surface area contributed by atoms with Crippen molar-refractivity contribution >= 4 is 5.84 Å². The van der Waals surface area contributed by atoms with Gasteiger partial charge in [0.1, 0.15) is 5.84 Å². The van der Waals surface area contributed by atoms with Gasteiger partial charge in [-0.15, -0.1) is 0 Å². The lowest BCUT2D eigenvalue weighted by Gasteiger charge is -2.38. The number of aliphatic imine (C=N–C) groups is 1. The molecule has 0 amide bonds. The minimum atomic E-state index is 0.797. The first-order chi connectivity index (χ1) is 7.42. The van der Waals surface area contributed by atoms with Gasteiger partial charge in [0, 0.05) is 25.6 Å². The van der Waals surface area contributed by atoms with Gasteiger partial charge in [-0.3, -0.25) is 4.99 Å². The Morgan fingerprint density at radius 3 is 3.00 bits per heavy atom. The summed E-state index contributed by atoms with van der Waals surface area (Å²) >= 11 is 0. The van der Waals surface area contributed by atoms with Crippen LogP contribution in [0.15, 0.2) is 4.99 Å². The number of unbranched alkanes of at least 4 members (excludes halogenated alkanes) is 2. The summed E-state index contributed by atoms with van der Waals surface area (Å²) in [5.41, 5.74) is 0. The largest absolute Gasteiger partial charge is 0.360 e. The predicted molar refractivity (Wildman–Crippen MR) is 65.4 cm³/mol. The standard InChI is InChI=1S/C13H24N2/c1-2-3-4-7-12-8-5-10-15-11-6-9-14-13(12)15/h12H,2-11H2,1H3. The molecule has 0 aromatic heterocycles. The Labute approximate surface area is 93.8 Å². The Morgan fingerprint density at radius 2 is 2.13 bits per heavy atom. The second-order valence-corrected chi connectivity index (χ2v) is 4.92. The van der Waals surface area contributed by atoms with Crippen molar-refractivity contribution in [2.75, 3.05) is 19.6 Å². The molecule has 0 N–H and O–H groups in total. The maximum Gasteiger partial charge on any atom is 0.102 e. The first-order valence-corrected chi connectivity index (χ1v) is 6.71. The fourth-order valence-corrected chi connectivity index (χ4v) is 2.86. The first kappa shape index (κ1) is 11.0. The molecule has 0 bridgehead atoms. The van der Waals surface area contributed by atoms with Gasteiger partial charge in [0.25, 0.3) is 0 Å². The molecule has 0 aromatic rings. The summed E-state index contributed by atoms with van der Waals surface area (Å²) in [4.78, 5) is 7.30. The zero-order chi connectivity index (χ0) is 10.5. The maximum atomic E-state index is 4.75. The molecule has 2 aliphatic rings. The van der Waals surface area contributed by atoms with Crippen LogP contribution in [0.3, 0.4) is 0 Å². The van der Waals surface area contributed by atoms with Crippen LogP contribution in [0.1, 0.15) is 51.9 Å². The van der Waals surface area contributed by atoms with Gasteiger partial charge in [-0.2, -0.15) is 0 Å². The summed E-state index contributed by atoms with van der Waals surface area (Å²) in [6.45, 7) is 5.90. The van der Waals surface area contributed by atoms with Crippen molar-refractivity contribution in [3.8, 4) is 0 Å². The molecule has 86 valence electrons. The minimum absolute atomic E-state index is 0.797. The average molecular weight is 208 g/mol. The first-order valence-electron chi connectivity index (χ1n) is 6.71. The zero-order valence-corrected chi connectivity index (χ0v) is 10.0. The third kappa shape index (κ3) is 2.73. The Hall–Kier alpha value is -0.530. The normalized spacial score (nSPS) is 26.1. The number of amidine groups is 1. The van der Waals surface area contributed by atoms with E-state index in [-0.39, 0.29) is 0 Å². The molecular formula is C13H24N2. The van der Waals surface area contributed by atoms with E-state index in [1.807, 2.05) is 0 Å². The van der Waals surface area contributed by atoms with Gasteiger partial charge >= 0.3 is 0 Å². The highest BCUT2D eigenvalue weighted by molar-refractivity contribution is 5.85. The lowest BCUT2D eigenvalue weighted by atomic mass is 9.90. The molecule has 1 unspecified atom stereocenters. The van der Waals surface area contributed by atoms with E-state index in [0.29, 0.717) is 0 Å². The molecular weight excluding hydrogens is 184 g/mol. The van der Waals surface area contributed by atoms with Crippen LogP contribution >= 0.6 is 0 Å². The summed E-state index contributed by atoms with van der Waals surface area (Å²) in [6.07, 6.45) is 9.55. The Bertz CT molecular complexity index is 223. The van der Waals surface area contributed by atoms with Gasteiger partial charge in [0.15, 0.2) is 0 Å². The Balaban J connectivity index is 1.89. The van der Waals surface area contributed by atoms with E-state index in [1.54, 1.807) is 0 Å². The van der Waals surface area contributed by atoms with Crippen LogP contribution < -0.4 is 0 Å². The molecule has 2 heterocycles. The molecule has 0 radical (unpaired) electrons. The molecule has 2 heteroatoms. The van der Waals surface area contributed by atoms with Crippen molar-refractivity contribution in [3.05, 3.63) is 0 Å². The Kier molecular flexibility index (Phi) is 4.04. The van der Waals surface area contributed by atoms with E-state index in [2.05, 4.69) is 11.8 Å². The number of piperidine rings is 1. The van der Waals surface area contributed by atoms with Crippen LogP contribution in [0, 0.1) is 5.92 Å². The number of hydrogen-bond donors (Lipinski definition) is 0. The topological polar surface area (TPSA) is 15.6 Å². The van der Waals surface area contributed by atoms with Crippen molar-refractivity contribution < 1.29 is 0 Å². The summed E-state index contributed by atoms with van der Waals surface area (Å²) in [5.74, 6) is 2.26. The molecule has 1 saturated heterocycles. The molecule has 0 aromatic carbocycles. The van der Waals surface area contributed by atoms with Crippen molar-refractivity contribution in [1.29, 1.82) is 0 Å². The van der Waals surface area contributed by atoms with Crippen LogP contribution in [0.4, 0.5) is 0 Å². The second kappa shape index (κ2) is 5.53. The third-order valence-corrected chi connectivity index (χ3v) is 3.69. The molecule has 0 aliphatic carbocycles. The summed E-state index contributed by atoms with van der Waals surface area (Å²) in [5, 5.41) is 0. The van der Waals surface area contributed by atoms with Crippen molar-refractivity contribution in [2.24, 2.45) is 10.9 Å². The number of fused-ring (bicyclic) bond motifs is 1. The minimum Gasteiger partial charge on any atom is -0.360 e. The fraction of sp³-hybridized carbons (Fsp3) is 0.923. The van der Waals surface area contributed by atoms with Crippen LogP contribution in [0.5, 0.6) is 0 Å². The molecule has 1 atom stereocenters. The van der Waals surface area contributed by atoms with Crippen LogP contribution in [-0.2, 0) is 0 Å². The fourth-order valence-electron chi connectivity index (χ4n) is 2.86. The van der Waals surface area contributed by atoms with Gasteiger partial charge < -0.3 is 4.90 Å². The SMILES string of the molecule is CCCCCC1CCCN2CCCN=C12. The average Bonchev–Trinajstić information content (AvgIpc) is 2.30. The molecule has 2 nitrogen and oxygen atoms in total. The Morgan fingerprint density at radius 1 is 1.27 bits per heavy atom. The van der Waals surface area contributed by atoms with Gasteiger partial charge in [0.2, 0.25) is 0 Å². The highest BCUT2D eigenvalue weighted by atomic mass is 15.2. The van der Waals surface area contributed by atoms with Crippen LogP contribution in [-0.4, -0.2) is 30.4 Å². The van der Waals surface area contributed by atoms with E-state index >= 15 is 0 Å². The summed E-state index contributed by atoms with van der Waals surface area (Å²) < 4.78 is 0. The number of hydrogen-bond acceptors (Lipinski definition) is 2. The zero-order valence-electron chi connectivity index (χ0n) is 10.0. The summed E-state index contributed by atoms with van der Waals surface area (Å²) in [7, 11) is 0. The van der Waals surface area contributed by atoms with Crippen LogP contribution in [0.2, 0.25) is 0 Å². The predicted octanol–water partition coefficient (Wildman–Crippen LogP) is 3.08. The number of nitrogens with zero attached hydrogens (tertiary/aromatic N) is 2. The smallest absolute Gasteiger partial charge is 0.102 e. The molecule has 0 saturated carbocycles. The van der Waals surface area contributed by atoms with E-state index in [0.717, 1.165) is 12.5 Å². The van der Waals surface area contributed by atoms with E-state index in [9.17, 15) is 0 Å². The van der Waals surface area contributed by atoms with E-state index in [4.69, 9.17) is 4.99 Å². The van der Waals surface area contributed by atoms with Crippen molar-refractivity contribution in [3.63, 3.8) is 0 Å². The lowest BCUT2D eigenvalue weighted by molar-refractivity contribution is 0.302. The highest BCUT2D eigenvalue weighted by Gasteiger charge is 2.27. The molecule has 2 rings (SSSR count). The monoisotopic (exact) mass is 208 g/mol. The quantitative estimate of drug-likeness (QED) is 0.648. The molecule has 0 spiro atoms. The molecule has 15 heavy (non-hydrogen) atoms.